The third-order valence-electron chi connectivity index (χ3n) is 3.19. The van der Waals surface area contributed by atoms with Crippen LogP contribution in [0.1, 0.15) is 39.0 Å². The summed E-state index contributed by atoms with van der Waals surface area (Å²) in [4.78, 5) is 10.9. The minimum absolute atomic E-state index is 0.159. The normalized spacial score (nSPS) is 16.0. The van der Waals surface area contributed by atoms with E-state index in [1.165, 1.54) is 19.8 Å². The SMILES string of the molecule is CC(=O)Nc1nnc(S(=O)(=O)NCCCOC2CCCC2)s1. The van der Waals surface area contributed by atoms with Gasteiger partial charge in [-0.3, -0.25) is 4.79 Å². The molecule has 0 unspecified atom stereocenters. The van der Waals surface area contributed by atoms with E-state index in [1.54, 1.807) is 0 Å². The van der Waals surface area contributed by atoms with Crippen LogP contribution in [0.2, 0.25) is 0 Å². The van der Waals surface area contributed by atoms with Crippen molar-refractivity contribution in [1.82, 2.24) is 14.9 Å². The van der Waals surface area contributed by atoms with Crippen molar-refractivity contribution in [2.75, 3.05) is 18.5 Å². The number of carbonyl (C=O) groups is 1. The van der Waals surface area contributed by atoms with Crippen molar-refractivity contribution in [3.05, 3.63) is 0 Å². The van der Waals surface area contributed by atoms with Crippen LogP contribution in [0.15, 0.2) is 4.34 Å². The highest BCUT2D eigenvalue weighted by Gasteiger charge is 2.20. The number of anilines is 1. The monoisotopic (exact) mass is 348 g/mol. The summed E-state index contributed by atoms with van der Waals surface area (Å²) in [5, 5.41) is 9.75. The zero-order valence-electron chi connectivity index (χ0n) is 12.4. The van der Waals surface area contributed by atoms with Gasteiger partial charge in [-0.15, -0.1) is 10.2 Å². The second kappa shape index (κ2) is 7.95. The summed E-state index contributed by atoms with van der Waals surface area (Å²) in [6.07, 6.45) is 5.56. The Morgan fingerprint density at radius 1 is 1.36 bits per heavy atom. The van der Waals surface area contributed by atoms with Gasteiger partial charge in [0.1, 0.15) is 0 Å². The summed E-state index contributed by atoms with van der Waals surface area (Å²) >= 11 is 0.816. The maximum Gasteiger partial charge on any atom is 0.269 e. The van der Waals surface area contributed by atoms with Crippen molar-refractivity contribution in [2.24, 2.45) is 0 Å². The van der Waals surface area contributed by atoms with E-state index in [4.69, 9.17) is 4.74 Å². The Morgan fingerprint density at radius 3 is 2.77 bits per heavy atom. The van der Waals surface area contributed by atoms with Crippen LogP contribution in [0.4, 0.5) is 5.13 Å². The number of nitrogens with zero attached hydrogens (tertiary/aromatic N) is 2. The van der Waals surface area contributed by atoms with Crippen LogP contribution in [-0.2, 0) is 19.6 Å². The molecule has 1 saturated carbocycles. The first-order valence-corrected chi connectivity index (χ1v) is 9.50. The molecule has 1 amide bonds. The summed E-state index contributed by atoms with van der Waals surface area (Å²) in [5.74, 6) is -0.322. The topological polar surface area (TPSA) is 110 Å². The van der Waals surface area contributed by atoms with Gasteiger partial charge in [-0.1, -0.05) is 24.2 Å². The number of carbonyl (C=O) groups excluding carboxylic acids is 1. The van der Waals surface area contributed by atoms with E-state index < -0.39 is 10.0 Å². The number of amides is 1. The Bertz CT molecular complexity index is 596. The molecular weight excluding hydrogens is 328 g/mol. The summed E-state index contributed by atoms with van der Waals surface area (Å²) in [5.41, 5.74) is 0. The van der Waals surface area contributed by atoms with E-state index >= 15 is 0 Å². The second-order valence-electron chi connectivity index (χ2n) is 5.08. The fourth-order valence-corrected chi connectivity index (χ4v) is 4.23. The average molecular weight is 348 g/mol. The molecule has 22 heavy (non-hydrogen) atoms. The maximum absolute atomic E-state index is 12.0. The van der Waals surface area contributed by atoms with Crippen LogP contribution >= 0.6 is 11.3 Å². The molecule has 0 saturated heterocycles. The fourth-order valence-electron chi connectivity index (χ4n) is 2.16. The number of rotatable bonds is 8. The molecule has 1 aromatic rings. The molecule has 0 aliphatic heterocycles. The highest BCUT2D eigenvalue weighted by molar-refractivity contribution is 7.91. The number of hydrogen-bond donors (Lipinski definition) is 2. The van der Waals surface area contributed by atoms with Gasteiger partial charge in [0.2, 0.25) is 15.4 Å². The van der Waals surface area contributed by atoms with E-state index in [9.17, 15) is 13.2 Å². The highest BCUT2D eigenvalue weighted by atomic mass is 32.2. The standard InChI is InChI=1S/C12H20N4O4S2/c1-9(17)14-11-15-16-12(21-11)22(18,19)13-7-4-8-20-10-5-2-3-6-10/h10,13H,2-8H2,1H3,(H,14,15,17). The van der Waals surface area contributed by atoms with Gasteiger partial charge in [-0.25, -0.2) is 13.1 Å². The van der Waals surface area contributed by atoms with Crippen molar-refractivity contribution in [1.29, 1.82) is 0 Å². The lowest BCUT2D eigenvalue weighted by Gasteiger charge is -2.10. The minimum atomic E-state index is -3.69. The van der Waals surface area contributed by atoms with Gasteiger partial charge in [0.25, 0.3) is 10.0 Å². The largest absolute Gasteiger partial charge is 0.378 e. The first kappa shape index (κ1) is 17.3. The molecular formula is C12H20N4O4S2. The molecule has 0 atom stereocenters. The van der Waals surface area contributed by atoms with Crippen molar-refractivity contribution in [3.63, 3.8) is 0 Å². The smallest absolute Gasteiger partial charge is 0.269 e. The van der Waals surface area contributed by atoms with Crippen molar-refractivity contribution < 1.29 is 17.9 Å². The van der Waals surface area contributed by atoms with E-state index in [-0.39, 0.29) is 21.9 Å². The number of aromatic nitrogens is 2. The summed E-state index contributed by atoms with van der Waals surface area (Å²) < 4.78 is 31.9. The van der Waals surface area contributed by atoms with Gasteiger partial charge in [0, 0.05) is 20.1 Å². The Hall–Kier alpha value is -1.10. The summed E-state index contributed by atoms with van der Waals surface area (Å²) in [6.45, 7) is 2.14. The molecule has 2 N–H and O–H groups in total. The van der Waals surface area contributed by atoms with Crippen LogP contribution in [-0.4, -0.2) is 43.8 Å². The fraction of sp³-hybridized carbons (Fsp3) is 0.750. The molecule has 124 valence electrons. The Labute approximate surface area is 133 Å². The summed E-state index contributed by atoms with van der Waals surface area (Å²) in [6, 6.07) is 0. The van der Waals surface area contributed by atoms with Crippen LogP contribution < -0.4 is 10.0 Å². The molecule has 1 heterocycles. The molecule has 1 fully saturated rings. The molecule has 0 radical (unpaired) electrons. The van der Waals surface area contributed by atoms with Crippen LogP contribution in [0, 0.1) is 0 Å². The van der Waals surface area contributed by atoms with Gasteiger partial charge < -0.3 is 10.1 Å². The van der Waals surface area contributed by atoms with Gasteiger partial charge in [0.05, 0.1) is 6.10 Å². The highest BCUT2D eigenvalue weighted by Crippen LogP contribution is 2.21. The number of sulfonamides is 1. The van der Waals surface area contributed by atoms with E-state index in [1.807, 2.05) is 0 Å². The first-order chi connectivity index (χ1) is 10.5. The molecule has 2 rings (SSSR count). The van der Waals surface area contributed by atoms with Crippen molar-refractivity contribution in [2.45, 2.75) is 49.5 Å². The van der Waals surface area contributed by atoms with Crippen LogP contribution in [0.3, 0.4) is 0 Å². The Morgan fingerprint density at radius 2 is 2.09 bits per heavy atom. The number of hydrogen-bond acceptors (Lipinski definition) is 7. The van der Waals surface area contributed by atoms with E-state index in [0.29, 0.717) is 19.1 Å². The van der Waals surface area contributed by atoms with E-state index in [2.05, 4.69) is 20.2 Å². The van der Waals surface area contributed by atoms with Gasteiger partial charge >= 0.3 is 0 Å². The van der Waals surface area contributed by atoms with Crippen LogP contribution in [0.5, 0.6) is 0 Å². The molecule has 0 spiro atoms. The predicted molar refractivity (Wildman–Crippen MR) is 82.2 cm³/mol. The van der Waals surface area contributed by atoms with Gasteiger partial charge in [-0.2, -0.15) is 0 Å². The number of nitrogens with one attached hydrogen (secondary N) is 2. The molecule has 10 heteroatoms. The van der Waals surface area contributed by atoms with Gasteiger partial charge in [0.15, 0.2) is 0 Å². The third-order valence-corrected chi connectivity index (χ3v) is 5.86. The average Bonchev–Trinajstić information content (AvgIpc) is 3.09. The zero-order chi connectivity index (χ0) is 16.0. The molecule has 0 bridgehead atoms. The van der Waals surface area contributed by atoms with Crippen molar-refractivity contribution >= 4 is 32.4 Å². The van der Waals surface area contributed by atoms with Crippen LogP contribution in [0.25, 0.3) is 0 Å². The Balaban J connectivity index is 1.73. The summed E-state index contributed by atoms with van der Waals surface area (Å²) in [7, 11) is -3.69. The maximum atomic E-state index is 12.0. The zero-order valence-corrected chi connectivity index (χ0v) is 14.0. The Kier molecular flexibility index (Phi) is 6.24. The molecule has 0 aromatic carbocycles. The van der Waals surface area contributed by atoms with Crippen molar-refractivity contribution in [3.8, 4) is 0 Å². The predicted octanol–water partition coefficient (Wildman–Crippen LogP) is 1.12. The van der Waals surface area contributed by atoms with E-state index in [0.717, 1.165) is 24.2 Å². The lowest BCUT2D eigenvalue weighted by Crippen LogP contribution is -2.26. The van der Waals surface area contributed by atoms with Gasteiger partial charge in [-0.05, 0) is 19.3 Å². The molecule has 8 nitrogen and oxygen atoms in total. The lowest BCUT2D eigenvalue weighted by molar-refractivity contribution is -0.114. The number of ether oxygens (including phenoxy) is 1. The lowest BCUT2D eigenvalue weighted by atomic mass is 10.3. The quantitative estimate of drug-likeness (QED) is 0.538. The molecule has 1 aliphatic carbocycles. The molecule has 1 aromatic heterocycles. The minimum Gasteiger partial charge on any atom is -0.378 e. The first-order valence-electron chi connectivity index (χ1n) is 7.20. The second-order valence-corrected chi connectivity index (χ2v) is 8.00. The molecule has 1 aliphatic rings. The third kappa shape index (κ3) is 5.27.